The molecule has 6 aromatic rings. The van der Waals surface area contributed by atoms with Gasteiger partial charge in [-0.05, 0) is 29.2 Å². The molecular weight excluding hydrogens is 1650 g/mol. The van der Waals surface area contributed by atoms with Gasteiger partial charge in [0.25, 0.3) is 0 Å². The van der Waals surface area contributed by atoms with Crippen LogP contribution in [0.15, 0.2) is 58.1 Å². The van der Waals surface area contributed by atoms with Crippen LogP contribution in [0.5, 0.6) is 0 Å². The second kappa shape index (κ2) is 31.3. The Labute approximate surface area is 453 Å². The number of nitrogens with one attached hydrogen (secondary N) is 2. The molecule has 0 aliphatic rings. The van der Waals surface area contributed by atoms with E-state index in [1.54, 1.807) is 55.1 Å². The van der Waals surface area contributed by atoms with E-state index in [0.717, 1.165) is 16.7 Å². The van der Waals surface area contributed by atoms with Gasteiger partial charge >= 0.3 is 146 Å². The molecule has 29 heteroatoms. The summed E-state index contributed by atoms with van der Waals surface area (Å²) >= 11 is 11.4. The maximum Gasteiger partial charge on any atom is 1.00 e. The normalized spacial score (nSPS) is 10.9. The summed E-state index contributed by atoms with van der Waals surface area (Å²) in [7, 11) is 2.95. The van der Waals surface area contributed by atoms with Crippen LogP contribution in [0.4, 0.5) is 23.5 Å². The molecule has 0 saturated carbocycles. The number of benzene rings is 2. The summed E-state index contributed by atoms with van der Waals surface area (Å²) < 4.78 is 7.87. The van der Waals surface area contributed by atoms with Gasteiger partial charge < -0.3 is 56.8 Å². The third-order valence-corrected chi connectivity index (χ3v) is 256. The largest absolute Gasteiger partial charge is 1.00 e. The molecule has 0 aliphatic carbocycles. The first-order chi connectivity index (χ1) is 30.0. The van der Waals surface area contributed by atoms with Gasteiger partial charge in [0, 0.05) is 32.9 Å². The average molecular weight is 1710 g/mol. The zero-order valence-corrected chi connectivity index (χ0v) is 50.3. The number of carbonyl (C=O) groups excluding carboxylic acids is 1. The van der Waals surface area contributed by atoms with E-state index >= 15 is 0 Å². The predicted octanol–water partition coefficient (Wildman–Crippen LogP) is 0.855. The summed E-state index contributed by atoms with van der Waals surface area (Å²) in [5, 5.41) is 27.2. The van der Waals surface area contributed by atoms with Crippen molar-refractivity contribution in [3.63, 3.8) is 0 Å². The molecular formula is C37H57I7LiN12O9-. The molecule has 0 bridgehead atoms. The summed E-state index contributed by atoms with van der Waals surface area (Å²) in [6, 6.07) is 14.4. The van der Waals surface area contributed by atoms with Gasteiger partial charge in [0.2, 0.25) is 11.9 Å². The molecule has 2 aromatic carbocycles. The fourth-order valence-corrected chi connectivity index (χ4v) is 215. The van der Waals surface area contributed by atoms with Crippen molar-refractivity contribution in [2.24, 2.45) is 0 Å². The van der Waals surface area contributed by atoms with Crippen LogP contribution in [0.1, 0.15) is 42.3 Å². The van der Waals surface area contributed by atoms with Crippen molar-refractivity contribution in [3.05, 3.63) is 91.8 Å². The molecule has 4 aromatic heterocycles. The van der Waals surface area contributed by atoms with Gasteiger partial charge in [-0.2, -0.15) is 19.9 Å². The number of hydrogen-bond acceptors (Lipinski definition) is 16. The molecule has 0 amide bonds. The molecule has 4 heterocycles. The number of nitrogens with zero attached hydrogens (tertiary/aromatic N) is 8. The van der Waals surface area contributed by atoms with Crippen molar-refractivity contribution >= 4 is 148 Å². The van der Waals surface area contributed by atoms with E-state index in [0.29, 0.717) is 72.7 Å². The Kier molecular flexibility index (Phi) is 29.8. The Morgan fingerprint density at radius 2 is 1.21 bits per heavy atom. The molecule has 0 fully saturated rings. The number of aromatic amines is 2. The monoisotopic (exact) mass is 1710 g/mol. The summed E-state index contributed by atoms with van der Waals surface area (Å²) in [5.41, 5.74) is 15.6. The van der Waals surface area contributed by atoms with E-state index in [1.165, 1.54) is 9.13 Å². The number of carbonyl (C=O) groups is 2. The number of likely N-dealkylation sites (N-methyl/N-ethyl adjacent to an activating group) is 2. The SMILES string of the molecule is C.CCOC(=O)Cc1cccc(Cn2c(=O)[nH]c3c(N)nc(N(C)CCO)nc32)c1.CN(CCO)c1nc(N)c2[nH]c(=O)n(Cc3cccc(CC(=O)O)c3)c2n1.I[I-]I(I)I(I)I.[HH].[HH].[HH].[HH].[Li+].[OH-]. The number of H-pyrrole nitrogens is 2. The maximum absolute atomic E-state index is 12.5. The van der Waals surface area contributed by atoms with Crippen molar-refractivity contribution in [2.75, 3.05) is 68.3 Å². The van der Waals surface area contributed by atoms with Crippen LogP contribution >= 0.6 is 90.3 Å². The molecule has 0 saturated heterocycles. The van der Waals surface area contributed by atoms with Crippen molar-refractivity contribution in [1.29, 1.82) is 0 Å². The van der Waals surface area contributed by atoms with Gasteiger partial charge in [-0.3, -0.25) is 18.7 Å². The molecule has 0 atom stereocenters. The Morgan fingerprint density at radius 3 is 1.56 bits per heavy atom. The smallest absolute Gasteiger partial charge is 0.870 e. The van der Waals surface area contributed by atoms with Crippen molar-refractivity contribution in [3.8, 4) is 0 Å². The average Bonchev–Trinajstić information content (AvgIpc) is 3.72. The van der Waals surface area contributed by atoms with Gasteiger partial charge in [0.15, 0.2) is 22.9 Å². The van der Waals surface area contributed by atoms with E-state index < -0.39 is 11.7 Å². The van der Waals surface area contributed by atoms with Gasteiger partial charge in [-0.1, -0.05) is 56.0 Å². The van der Waals surface area contributed by atoms with E-state index in [4.69, 9.17) is 31.5 Å². The zero-order chi connectivity index (χ0) is 46.4. The van der Waals surface area contributed by atoms with Gasteiger partial charge in [0.05, 0.1) is 45.8 Å². The summed E-state index contributed by atoms with van der Waals surface area (Å²) in [4.78, 5) is 73.4. The number of fused-ring (bicyclic) bond motifs is 2. The second-order valence-corrected chi connectivity index (χ2v) is 127. The molecule has 0 spiro atoms. The second-order valence-electron chi connectivity index (χ2n) is 13.1. The summed E-state index contributed by atoms with van der Waals surface area (Å²) in [6.45, 7) is 3.04. The number of nitrogens with two attached hydrogens (primary N) is 2. The number of imidazole rings is 2. The van der Waals surface area contributed by atoms with Crippen LogP contribution in [0.3, 0.4) is 0 Å². The van der Waals surface area contributed by atoms with Crippen LogP contribution in [0.25, 0.3) is 22.3 Å². The topological polar surface area (TPSA) is 320 Å². The molecule has 0 radical (unpaired) electrons. The Balaban J connectivity index is -0.000000503. The standard InChI is InChI=1S/C19H24N6O4.C17H20N6O4.CH4.I7.Li.H2O.4H2/c1-3-29-14(27)10-12-5-4-6-13(9-12)11-25-17-15(21-19(25)28)16(20)22-18(23-17)24(2)7-8-26;1-22(5-6-24)16-20-14(18)13-15(21-16)23(17(27)19-13)9-11-4-2-3-10(7-11)8-12(25)26;;1-5-7(4)6(2)3;;;;;;/h4-6,9,26H,3,7-8,10-11H2,1-2H3,(H,21,28)(H2,20,22,23);2-4,7,24H,5-6,8-9H2,1H3,(H,19,27)(H,25,26)(H2,18,20,21);1H4;;;1H2;4*1H/q;;;-1;+1;;;;;/p-1. The molecule has 6 rings (SSSR count). The number of halogens is 7. The third kappa shape index (κ3) is 18.6. The first-order valence-corrected chi connectivity index (χ1v) is 56.1. The predicted molar refractivity (Wildman–Crippen MR) is 310 cm³/mol. The van der Waals surface area contributed by atoms with E-state index in [2.05, 4.69) is 104 Å². The number of aliphatic carboxylic acids is 1. The molecule has 66 heavy (non-hydrogen) atoms. The van der Waals surface area contributed by atoms with E-state index in [-0.39, 0.29) is 116 Å². The third-order valence-electron chi connectivity index (χ3n) is 8.63. The van der Waals surface area contributed by atoms with Gasteiger partial charge in [0.1, 0.15) is 11.0 Å². The molecule has 0 aliphatic heterocycles. The Morgan fingerprint density at radius 1 is 0.803 bits per heavy atom. The number of rotatable bonds is 17. The number of aliphatic hydroxyl groups excluding tert-OH is 2. The van der Waals surface area contributed by atoms with Crippen LogP contribution in [0, 0.1) is 0 Å². The number of nitrogen functional groups attached to an aromatic ring is 2. The fourth-order valence-electron chi connectivity index (χ4n) is 5.82. The van der Waals surface area contributed by atoms with E-state index in [1.807, 2.05) is 24.3 Å². The molecule has 10 N–H and O–H groups in total. The number of esters is 1. The van der Waals surface area contributed by atoms with Gasteiger partial charge in [-0.25, -0.2) is 9.59 Å². The molecule has 21 nitrogen and oxygen atoms in total. The minimum atomic E-state index is -0.923. The quantitative estimate of drug-likeness (QED) is 0.0378. The number of carboxylic acid groups (broad SMARTS) is 1. The van der Waals surface area contributed by atoms with Crippen LogP contribution in [-0.4, -0.2) is 119 Å². The number of ether oxygens (including phenoxy) is 1. The number of aromatic nitrogens is 8. The van der Waals surface area contributed by atoms with Crippen molar-refractivity contribution < 1.29 is 72.9 Å². The maximum atomic E-state index is 12.5. The number of hydrogen-bond donors (Lipinski definition) is 7. The first kappa shape index (κ1) is 62.9. The van der Waals surface area contributed by atoms with Crippen LogP contribution < -0.4 is 64.8 Å². The Hall–Kier alpha value is -1.13. The minimum Gasteiger partial charge on any atom is -0.870 e. The summed E-state index contributed by atoms with van der Waals surface area (Å²) in [5.74, 6) is -0.328. The number of anilines is 4. The minimum absolute atomic E-state index is 0. The van der Waals surface area contributed by atoms with E-state index in [9.17, 15) is 19.2 Å². The zero-order valence-electron chi connectivity index (χ0n) is 35.2. The van der Waals surface area contributed by atoms with Crippen molar-refractivity contribution in [1.82, 2.24) is 39.0 Å². The van der Waals surface area contributed by atoms with Crippen LogP contribution in [0.2, 0.25) is 0 Å². The molecule has 370 valence electrons. The van der Waals surface area contributed by atoms with Gasteiger partial charge in [-0.15, -0.1) is 0 Å². The summed E-state index contributed by atoms with van der Waals surface area (Å²) in [6.07, 6.45) is 0.0670. The molecule has 0 unspecified atom stereocenters. The first-order valence-electron chi connectivity index (χ1n) is 18.4. The number of carboxylic acids is 1. The van der Waals surface area contributed by atoms with Crippen LogP contribution in [-0.2, 0) is 40.3 Å². The number of aliphatic hydroxyl groups is 2. The fraction of sp³-hybridized carbons (Fsp3) is 0.351. The van der Waals surface area contributed by atoms with Crippen molar-refractivity contribution in [2.45, 2.75) is 40.3 Å². The Bertz CT molecular complexity index is 2640.